The van der Waals surface area contributed by atoms with E-state index in [0.717, 1.165) is 41.8 Å². The van der Waals surface area contributed by atoms with E-state index in [4.69, 9.17) is 0 Å². The van der Waals surface area contributed by atoms with Crippen LogP contribution in [0.1, 0.15) is 91.1 Å². The predicted octanol–water partition coefficient (Wildman–Crippen LogP) is 6.62. The number of benzene rings is 1. The van der Waals surface area contributed by atoms with Crippen LogP contribution in [0.4, 0.5) is 5.69 Å². The van der Waals surface area contributed by atoms with E-state index in [2.05, 4.69) is 24.1 Å². The topological polar surface area (TPSA) is 58.2 Å². The molecule has 1 atom stereocenters. The van der Waals surface area contributed by atoms with Crippen LogP contribution in [0, 0.1) is 5.92 Å². The summed E-state index contributed by atoms with van der Waals surface area (Å²) in [4.78, 5) is 22.1. The van der Waals surface area contributed by atoms with Gasteiger partial charge in [-0.3, -0.25) is 9.59 Å². The van der Waals surface area contributed by atoms with Gasteiger partial charge in [0.1, 0.15) is 0 Å². The molecular formula is C24H44N2O2. The van der Waals surface area contributed by atoms with E-state index in [0.29, 0.717) is 0 Å². The molecular weight excluding hydrogens is 348 g/mol. The van der Waals surface area contributed by atoms with Crippen molar-refractivity contribution < 1.29 is 9.59 Å². The van der Waals surface area contributed by atoms with Crippen LogP contribution in [0.5, 0.6) is 0 Å². The number of carbonyl (C=O) groups excluding carboxylic acids is 2. The fourth-order valence-electron chi connectivity index (χ4n) is 2.41. The second kappa shape index (κ2) is 19.7. The standard InChI is InChI=1S/C11H15NO.C7H11NO.3C2H6/c1-4-9-10(8(2)13)6-5-7-11(9)12-3;1-5-3-4-6(2)8-7(5)9;3*1-2/h5-7,12H,4H2,1-3H3;5H,2-4H2,1H3,(H,8,9);3*1-2H3. The first-order valence-corrected chi connectivity index (χ1v) is 10.7. The third kappa shape index (κ3) is 11.6. The molecule has 1 saturated heterocycles. The fourth-order valence-corrected chi connectivity index (χ4v) is 2.41. The molecule has 4 nitrogen and oxygen atoms in total. The molecule has 1 aromatic rings. The normalized spacial score (nSPS) is 14.1. The lowest BCUT2D eigenvalue weighted by atomic mass is 9.99. The summed E-state index contributed by atoms with van der Waals surface area (Å²) >= 11 is 0. The first-order chi connectivity index (χ1) is 13.4. The van der Waals surface area contributed by atoms with Crippen LogP contribution in [0.15, 0.2) is 30.5 Å². The minimum Gasteiger partial charge on any atom is -0.388 e. The number of rotatable bonds is 3. The molecule has 1 amide bonds. The molecule has 0 aliphatic carbocycles. The summed E-state index contributed by atoms with van der Waals surface area (Å²) in [6, 6.07) is 5.77. The molecule has 0 bridgehead atoms. The van der Waals surface area contributed by atoms with Crippen molar-refractivity contribution in [3.63, 3.8) is 0 Å². The molecule has 1 aromatic carbocycles. The van der Waals surface area contributed by atoms with Crippen molar-refractivity contribution in [1.82, 2.24) is 5.32 Å². The van der Waals surface area contributed by atoms with Crippen molar-refractivity contribution >= 4 is 17.4 Å². The van der Waals surface area contributed by atoms with Gasteiger partial charge >= 0.3 is 0 Å². The third-order valence-corrected chi connectivity index (χ3v) is 3.80. The highest BCUT2D eigenvalue weighted by atomic mass is 16.2. The molecule has 4 heteroatoms. The van der Waals surface area contributed by atoms with E-state index < -0.39 is 0 Å². The van der Waals surface area contributed by atoms with Crippen LogP contribution in [0.3, 0.4) is 0 Å². The Balaban J connectivity index is -0.000000364. The Morgan fingerprint density at radius 2 is 1.71 bits per heavy atom. The number of anilines is 1. The molecule has 0 radical (unpaired) electrons. The maximum absolute atomic E-state index is 11.3. The molecule has 28 heavy (non-hydrogen) atoms. The Kier molecular flexibility index (Phi) is 21.5. The van der Waals surface area contributed by atoms with Gasteiger partial charge in [0.15, 0.2) is 5.78 Å². The third-order valence-electron chi connectivity index (χ3n) is 3.80. The van der Waals surface area contributed by atoms with E-state index in [1.165, 1.54) is 0 Å². The van der Waals surface area contributed by atoms with Crippen LogP contribution in [-0.4, -0.2) is 18.7 Å². The van der Waals surface area contributed by atoms with Crippen LogP contribution in [0.25, 0.3) is 0 Å². The highest BCUT2D eigenvalue weighted by molar-refractivity contribution is 5.97. The van der Waals surface area contributed by atoms with Crippen molar-refractivity contribution in [3.8, 4) is 0 Å². The highest BCUT2D eigenvalue weighted by Gasteiger charge is 2.18. The maximum Gasteiger partial charge on any atom is 0.226 e. The van der Waals surface area contributed by atoms with Crippen molar-refractivity contribution in [2.24, 2.45) is 5.92 Å². The monoisotopic (exact) mass is 392 g/mol. The highest BCUT2D eigenvalue weighted by Crippen LogP contribution is 2.20. The number of Topliss-reactive ketones (excluding diaryl/α,β-unsaturated/α-hetero) is 1. The van der Waals surface area contributed by atoms with Gasteiger partial charge in [-0.25, -0.2) is 0 Å². The lowest BCUT2D eigenvalue weighted by Crippen LogP contribution is -2.32. The maximum atomic E-state index is 11.3. The van der Waals surface area contributed by atoms with Gasteiger partial charge in [0.25, 0.3) is 0 Å². The summed E-state index contributed by atoms with van der Waals surface area (Å²) in [5, 5.41) is 5.79. The summed E-state index contributed by atoms with van der Waals surface area (Å²) in [6.45, 7) is 21.3. The second-order valence-corrected chi connectivity index (χ2v) is 5.52. The van der Waals surface area contributed by atoms with E-state index in [9.17, 15) is 9.59 Å². The van der Waals surface area contributed by atoms with Gasteiger partial charge in [0, 0.05) is 29.9 Å². The zero-order valence-electron chi connectivity index (χ0n) is 20.0. The SMILES string of the molecule is C=C1CCC(C)C(=O)N1.CC.CC.CC.CCc1c(NC)cccc1C(C)=O. The lowest BCUT2D eigenvalue weighted by Gasteiger charge is -2.19. The summed E-state index contributed by atoms with van der Waals surface area (Å²) in [5.74, 6) is 0.427. The smallest absolute Gasteiger partial charge is 0.226 e. The Morgan fingerprint density at radius 3 is 2.07 bits per heavy atom. The van der Waals surface area contributed by atoms with Crippen molar-refractivity contribution in [2.45, 2.75) is 81.6 Å². The van der Waals surface area contributed by atoms with E-state index in [-0.39, 0.29) is 17.6 Å². The average molecular weight is 393 g/mol. The summed E-state index contributed by atoms with van der Waals surface area (Å²) < 4.78 is 0. The quantitative estimate of drug-likeness (QED) is 0.568. The first-order valence-electron chi connectivity index (χ1n) is 10.7. The van der Waals surface area contributed by atoms with Gasteiger partial charge in [-0.15, -0.1) is 0 Å². The van der Waals surface area contributed by atoms with Gasteiger partial charge in [0.05, 0.1) is 0 Å². The summed E-state index contributed by atoms with van der Waals surface area (Å²) in [5.41, 5.74) is 3.85. The number of hydrogen-bond donors (Lipinski definition) is 2. The zero-order chi connectivity index (χ0) is 22.7. The molecule has 1 heterocycles. The number of ketones is 1. The number of hydrogen-bond acceptors (Lipinski definition) is 3. The van der Waals surface area contributed by atoms with Gasteiger partial charge in [-0.1, -0.05) is 74.1 Å². The van der Waals surface area contributed by atoms with Gasteiger partial charge < -0.3 is 10.6 Å². The molecule has 0 spiro atoms. The molecule has 1 aliphatic heterocycles. The summed E-state index contributed by atoms with van der Waals surface area (Å²) in [6.07, 6.45) is 2.77. The van der Waals surface area contributed by atoms with Crippen LogP contribution in [-0.2, 0) is 11.2 Å². The average Bonchev–Trinajstić information content (AvgIpc) is 2.75. The van der Waals surface area contributed by atoms with Crippen molar-refractivity contribution in [2.75, 3.05) is 12.4 Å². The van der Waals surface area contributed by atoms with E-state index >= 15 is 0 Å². The van der Waals surface area contributed by atoms with Crippen molar-refractivity contribution in [3.05, 3.63) is 41.6 Å². The number of piperidine rings is 1. The van der Waals surface area contributed by atoms with Crippen LogP contribution >= 0.6 is 0 Å². The summed E-state index contributed by atoms with van der Waals surface area (Å²) in [7, 11) is 1.87. The molecule has 1 aliphatic rings. The van der Waals surface area contributed by atoms with Gasteiger partial charge in [-0.05, 0) is 37.8 Å². The van der Waals surface area contributed by atoms with Gasteiger partial charge in [0.2, 0.25) is 5.91 Å². The van der Waals surface area contributed by atoms with Crippen LogP contribution < -0.4 is 10.6 Å². The Morgan fingerprint density at radius 1 is 1.18 bits per heavy atom. The van der Waals surface area contributed by atoms with Crippen molar-refractivity contribution in [1.29, 1.82) is 0 Å². The molecule has 1 fully saturated rings. The zero-order valence-corrected chi connectivity index (χ0v) is 20.0. The van der Waals surface area contributed by atoms with E-state index in [1.54, 1.807) is 6.92 Å². The second-order valence-electron chi connectivity index (χ2n) is 5.52. The number of carbonyl (C=O) groups is 2. The molecule has 0 aromatic heterocycles. The van der Waals surface area contributed by atoms with E-state index in [1.807, 2.05) is 73.7 Å². The largest absolute Gasteiger partial charge is 0.388 e. The minimum atomic E-state index is 0.117. The first kappa shape index (κ1) is 30.6. The molecule has 0 saturated carbocycles. The van der Waals surface area contributed by atoms with Crippen LogP contribution in [0.2, 0.25) is 0 Å². The number of amides is 1. The Bertz CT molecular complexity index is 566. The Hall–Kier alpha value is -2.10. The number of allylic oxidation sites excluding steroid dienone is 1. The number of nitrogens with one attached hydrogen (secondary N) is 2. The van der Waals surface area contributed by atoms with Gasteiger partial charge in [-0.2, -0.15) is 0 Å². The molecule has 1 unspecified atom stereocenters. The fraction of sp³-hybridized carbons (Fsp3) is 0.583. The molecule has 162 valence electrons. The molecule has 2 N–H and O–H groups in total. The Labute approximate surface area is 174 Å². The predicted molar refractivity (Wildman–Crippen MR) is 125 cm³/mol. The molecule has 2 rings (SSSR count). The minimum absolute atomic E-state index is 0.117. The lowest BCUT2D eigenvalue weighted by molar-refractivity contribution is -0.124.